The van der Waals surface area contributed by atoms with Crippen LogP contribution in [0.4, 0.5) is 0 Å². The van der Waals surface area contributed by atoms with Gasteiger partial charge in [0, 0.05) is 0 Å². The molecule has 0 amide bonds. The van der Waals surface area contributed by atoms with Crippen molar-refractivity contribution in [2.75, 3.05) is 0 Å². The quantitative estimate of drug-likeness (QED) is 0.692. The van der Waals surface area contributed by atoms with E-state index in [1.54, 1.807) is 0 Å². The Labute approximate surface area is 92.9 Å². The summed E-state index contributed by atoms with van der Waals surface area (Å²) in [5.41, 5.74) is 0. The molecule has 0 heterocycles. The summed E-state index contributed by atoms with van der Waals surface area (Å²) >= 11 is 4.28. The minimum atomic E-state index is -0.795. The molecule has 0 bridgehead atoms. The molecule has 0 atom stereocenters. The second-order valence-electron chi connectivity index (χ2n) is 3.03. The van der Waals surface area contributed by atoms with Gasteiger partial charge in [0.05, 0.1) is 0 Å². The van der Waals surface area contributed by atoms with Gasteiger partial charge in [-0.15, -0.1) is 0 Å². The molecule has 70 valence electrons. The second kappa shape index (κ2) is 4.60. The molecular formula is C12H10FeSi. The molecule has 0 spiro atoms. The minimum absolute atomic E-state index is 0.795. The Hall–Kier alpha value is -0.824. The Bertz CT molecular complexity index is 381. The Morgan fingerprint density at radius 1 is 0.643 bits per heavy atom. The fourth-order valence-corrected chi connectivity index (χ4v) is 3.72. The van der Waals surface area contributed by atoms with Crippen LogP contribution in [0.1, 0.15) is 0 Å². The number of hydrogen-bond acceptors (Lipinski definition) is 0. The van der Waals surface area contributed by atoms with Gasteiger partial charge in [-0.25, -0.2) is 0 Å². The van der Waals surface area contributed by atoms with Crippen molar-refractivity contribution < 1.29 is 14.9 Å². The van der Waals surface area contributed by atoms with Gasteiger partial charge in [-0.3, -0.25) is 0 Å². The van der Waals surface area contributed by atoms with E-state index in [4.69, 9.17) is 0 Å². The first-order valence-electron chi connectivity index (χ1n) is 4.50. The topological polar surface area (TPSA) is 0 Å². The summed E-state index contributed by atoms with van der Waals surface area (Å²) in [6.45, 7) is -0.795. The predicted octanol–water partition coefficient (Wildman–Crippen LogP) is 1.34. The summed E-state index contributed by atoms with van der Waals surface area (Å²) in [7, 11) is 0. The Kier molecular flexibility index (Phi) is 3.20. The van der Waals surface area contributed by atoms with Crippen molar-refractivity contribution in [2.24, 2.45) is 0 Å². The van der Waals surface area contributed by atoms with Gasteiger partial charge in [0.1, 0.15) is 0 Å². The second-order valence-corrected chi connectivity index (χ2v) is 6.45. The van der Waals surface area contributed by atoms with E-state index in [1.807, 2.05) is 12.1 Å². The monoisotopic (exact) mass is 238 g/mol. The third kappa shape index (κ3) is 2.15. The molecule has 2 heteroatoms. The Morgan fingerprint density at radius 3 is 1.36 bits per heavy atom. The van der Waals surface area contributed by atoms with E-state index in [0.717, 1.165) is 0 Å². The van der Waals surface area contributed by atoms with E-state index in [-0.39, 0.29) is 0 Å². The number of hydrogen-bond donors (Lipinski definition) is 0. The fraction of sp³-hybridized carbons (Fsp3) is 0. The summed E-state index contributed by atoms with van der Waals surface area (Å²) in [5.74, 6) is 0. The van der Waals surface area contributed by atoms with E-state index in [9.17, 15) is 0 Å². The van der Waals surface area contributed by atoms with Gasteiger partial charge in [-0.2, -0.15) is 0 Å². The van der Waals surface area contributed by atoms with Crippen molar-refractivity contribution in [1.82, 2.24) is 0 Å². The zero-order valence-electron chi connectivity index (χ0n) is 7.63. The molecule has 0 aliphatic carbocycles. The number of benzene rings is 2. The molecule has 0 saturated heterocycles. The molecule has 0 radical (unpaired) electrons. The molecule has 2 aromatic carbocycles. The first kappa shape index (κ1) is 9.72. The van der Waals surface area contributed by atoms with Gasteiger partial charge in [0.25, 0.3) is 0 Å². The van der Waals surface area contributed by atoms with Crippen LogP contribution < -0.4 is 10.4 Å². The van der Waals surface area contributed by atoms with E-state index in [2.05, 4.69) is 63.4 Å². The van der Waals surface area contributed by atoms with Crippen LogP contribution >= 0.6 is 0 Å². The van der Waals surface area contributed by atoms with Crippen molar-refractivity contribution in [2.45, 2.75) is 0 Å². The van der Waals surface area contributed by atoms with Gasteiger partial charge in [-0.05, 0) is 0 Å². The van der Waals surface area contributed by atoms with Crippen LogP contribution in [-0.2, 0) is 14.9 Å². The van der Waals surface area contributed by atoms with Crippen LogP contribution in [0.15, 0.2) is 60.7 Å². The van der Waals surface area contributed by atoms with Gasteiger partial charge in [-0.1, -0.05) is 0 Å². The van der Waals surface area contributed by atoms with E-state index in [1.165, 1.54) is 10.4 Å². The molecule has 0 saturated carbocycles. The van der Waals surface area contributed by atoms with Gasteiger partial charge < -0.3 is 0 Å². The molecule has 0 aromatic heterocycles. The summed E-state index contributed by atoms with van der Waals surface area (Å²) in [5, 5.41) is 2.73. The van der Waals surface area contributed by atoms with Crippen molar-refractivity contribution >= 4 is 17.3 Å². The van der Waals surface area contributed by atoms with Crippen molar-refractivity contribution in [1.29, 1.82) is 0 Å². The van der Waals surface area contributed by atoms with Crippen LogP contribution in [0.2, 0.25) is 0 Å². The molecule has 2 rings (SSSR count). The van der Waals surface area contributed by atoms with Crippen LogP contribution in [-0.4, -0.2) is 6.94 Å². The molecule has 0 unspecified atom stereocenters. The molecule has 0 fully saturated rings. The molecular weight excluding hydrogens is 228 g/mol. The van der Waals surface area contributed by atoms with Gasteiger partial charge in [0.2, 0.25) is 0 Å². The predicted molar refractivity (Wildman–Crippen MR) is 57.9 cm³/mol. The van der Waals surface area contributed by atoms with E-state index >= 15 is 0 Å². The normalized spacial score (nSPS) is 9.79. The molecule has 2 aromatic rings. The Balaban J connectivity index is 2.35. The fourth-order valence-electron chi connectivity index (χ4n) is 1.33. The van der Waals surface area contributed by atoms with Gasteiger partial charge in [0.15, 0.2) is 0 Å². The standard InChI is InChI=1S/C12H10Si.Fe/c1-3-7-11(8-4-1)13-12-9-5-2-6-10-12;/h1-10H;. The average molecular weight is 238 g/mol. The summed E-state index contributed by atoms with van der Waals surface area (Å²) in [6, 6.07) is 21.0. The van der Waals surface area contributed by atoms with Crippen molar-refractivity contribution in [3.8, 4) is 0 Å². The first-order chi connectivity index (χ1) is 6.88. The average Bonchev–Trinajstić information content (AvgIpc) is 2.30. The van der Waals surface area contributed by atoms with E-state index < -0.39 is 6.94 Å². The first-order valence-corrected chi connectivity index (χ1v) is 7.51. The van der Waals surface area contributed by atoms with Crippen LogP contribution in [0.25, 0.3) is 0 Å². The van der Waals surface area contributed by atoms with Crippen molar-refractivity contribution in [3.63, 3.8) is 0 Å². The SMILES string of the molecule is [Fe]=[Si](c1ccccc1)c1ccccc1. The maximum atomic E-state index is 4.28. The number of rotatable bonds is 2. The molecule has 0 aliphatic heterocycles. The van der Waals surface area contributed by atoms with Crippen LogP contribution in [0.3, 0.4) is 0 Å². The van der Waals surface area contributed by atoms with Crippen LogP contribution in [0.5, 0.6) is 0 Å². The van der Waals surface area contributed by atoms with Crippen molar-refractivity contribution in [3.05, 3.63) is 60.7 Å². The Morgan fingerprint density at radius 2 is 1.00 bits per heavy atom. The third-order valence-corrected chi connectivity index (χ3v) is 5.61. The zero-order valence-corrected chi connectivity index (χ0v) is 9.73. The molecule has 0 N–H and O–H groups in total. The summed E-state index contributed by atoms with van der Waals surface area (Å²) in [4.78, 5) is 0. The van der Waals surface area contributed by atoms with Gasteiger partial charge >= 0.3 is 92.9 Å². The molecule has 14 heavy (non-hydrogen) atoms. The zero-order chi connectivity index (χ0) is 9.80. The summed E-state index contributed by atoms with van der Waals surface area (Å²) in [6.07, 6.45) is 0. The van der Waals surface area contributed by atoms with E-state index in [0.29, 0.717) is 0 Å². The molecule has 0 aliphatic rings. The summed E-state index contributed by atoms with van der Waals surface area (Å²) < 4.78 is 0. The maximum absolute atomic E-state index is 4.28. The third-order valence-electron chi connectivity index (χ3n) is 2.04. The van der Waals surface area contributed by atoms with Crippen LogP contribution in [0, 0.1) is 0 Å². The molecule has 0 nitrogen and oxygen atoms in total.